The van der Waals surface area contributed by atoms with Crippen LogP contribution in [0.25, 0.3) is 11.0 Å². The van der Waals surface area contributed by atoms with Crippen LogP contribution in [0.1, 0.15) is 37.1 Å². The SMILES string of the molecule is COc1ccc2oc(C(C)NC(=O)C3(C(=O)O)CC3)c(C)c2c1. The molecule has 0 saturated heterocycles. The highest BCUT2D eigenvalue weighted by atomic mass is 16.5. The van der Waals surface area contributed by atoms with Gasteiger partial charge in [-0.1, -0.05) is 0 Å². The summed E-state index contributed by atoms with van der Waals surface area (Å²) < 4.78 is 11.1. The molecule has 1 amide bonds. The average Bonchev–Trinajstić information content (AvgIpc) is 3.28. The highest BCUT2D eigenvalue weighted by Crippen LogP contribution is 2.46. The van der Waals surface area contributed by atoms with Gasteiger partial charge in [0.05, 0.1) is 13.2 Å². The van der Waals surface area contributed by atoms with Crippen LogP contribution in [-0.2, 0) is 9.59 Å². The van der Waals surface area contributed by atoms with Gasteiger partial charge in [0.25, 0.3) is 0 Å². The molecule has 1 aliphatic rings. The predicted octanol–water partition coefficient (Wildman–Crippen LogP) is 2.79. The molecule has 1 atom stereocenters. The van der Waals surface area contributed by atoms with Crippen LogP contribution in [0.4, 0.5) is 0 Å². The van der Waals surface area contributed by atoms with Crippen LogP contribution in [-0.4, -0.2) is 24.1 Å². The summed E-state index contributed by atoms with van der Waals surface area (Å²) in [6.07, 6.45) is 0.772. The third kappa shape index (κ3) is 2.44. The lowest BCUT2D eigenvalue weighted by atomic mass is 10.0. The number of aryl methyl sites for hydroxylation is 1. The number of hydrogen-bond donors (Lipinski definition) is 2. The molecule has 0 radical (unpaired) electrons. The normalized spacial score (nSPS) is 16.8. The molecular formula is C17H19NO5. The molecule has 2 aromatic rings. The largest absolute Gasteiger partial charge is 0.497 e. The van der Waals surface area contributed by atoms with Gasteiger partial charge in [-0.05, 0) is 44.9 Å². The number of rotatable bonds is 5. The van der Waals surface area contributed by atoms with E-state index in [2.05, 4.69) is 5.32 Å². The number of carbonyl (C=O) groups excluding carboxylic acids is 1. The van der Waals surface area contributed by atoms with Gasteiger partial charge in [-0.2, -0.15) is 0 Å². The summed E-state index contributed by atoms with van der Waals surface area (Å²) in [7, 11) is 1.60. The third-order valence-corrected chi connectivity index (χ3v) is 4.52. The van der Waals surface area contributed by atoms with E-state index in [1.807, 2.05) is 25.1 Å². The Hall–Kier alpha value is -2.50. The summed E-state index contributed by atoms with van der Waals surface area (Å²) in [6, 6.07) is 5.10. The molecular weight excluding hydrogens is 298 g/mol. The van der Waals surface area contributed by atoms with Crippen LogP contribution in [0, 0.1) is 12.3 Å². The number of carbonyl (C=O) groups is 2. The second-order valence-electron chi connectivity index (χ2n) is 6.04. The van der Waals surface area contributed by atoms with Crippen molar-refractivity contribution in [2.75, 3.05) is 7.11 Å². The van der Waals surface area contributed by atoms with Gasteiger partial charge in [0.1, 0.15) is 22.5 Å². The Morgan fingerprint density at radius 1 is 1.39 bits per heavy atom. The maximum absolute atomic E-state index is 12.2. The molecule has 23 heavy (non-hydrogen) atoms. The van der Waals surface area contributed by atoms with E-state index >= 15 is 0 Å². The van der Waals surface area contributed by atoms with Crippen molar-refractivity contribution >= 4 is 22.8 Å². The number of methoxy groups -OCH3 is 1. The van der Waals surface area contributed by atoms with E-state index in [0.717, 1.165) is 16.7 Å². The number of ether oxygens (including phenoxy) is 1. The van der Waals surface area contributed by atoms with Gasteiger partial charge in [0, 0.05) is 10.9 Å². The molecule has 6 heteroatoms. The minimum atomic E-state index is -1.25. The molecule has 1 aromatic carbocycles. The summed E-state index contributed by atoms with van der Waals surface area (Å²) in [5, 5.41) is 12.9. The number of carboxylic acids is 1. The van der Waals surface area contributed by atoms with Crippen LogP contribution in [0.15, 0.2) is 22.6 Å². The zero-order chi connectivity index (χ0) is 16.8. The van der Waals surface area contributed by atoms with Crippen LogP contribution < -0.4 is 10.1 Å². The Bertz CT molecular complexity index is 788. The Kier molecular flexibility index (Phi) is 3.55. The lowest BCUT2D eigenvalue weighted by molar-refractivity contribution is -0.149. The fourth-order valence-corrected chi connectivity index (χ4v) is 2.82. The third-order valence-electron chi connectivity index (χ3n) is 4.52. The smallest absolute Gasteiger partial charge is 0.319 e. The molecule has 0 bridgehead atoms. The molecule has 1 fully saturated rings. The highest BCUT2D eigenvalue weighted by Gasteiger charge is 2.57. The van der Waals surface area contributed by atoms with E-state index < -0.39 is 23.3 Å². The highest BCUT2D eigenvalue weighted by molar-refractivity contribution is 6.05. The van der Waals surface area contributed by atoms with Crippen molar-refractivity contribution in [1.82, 2.24) is 5.32 Å². The lowest BCUT2D eigenvalue weighted by Gasteiger charge is -2.16. The molecule has 3 rings (SSSR count). The topological polar surface area (TPSA) is 88.8 Å². The molecule has 1 aromatic heterocycles. The van der Waals surface area contributed by atoms with Crippen molar-refractivity contribution in [3.8, 4) is 5.75 Å². The van der Waals surface area contributed by atoms with E-state index in [-0.39, 0.29) is 0 Å². The summed E-state index contributed by atoms with van der Waals surface area (Å²) in [5.74, 6) is -0.154. The summed E-state index contributed by atoms with van der Waals surface area (Å²) in [4.78, 5) is 23.4. The van der Waals surface area contributed by atoms with Crippen LogP contribution in [0.3, 0.4) is 0 Å². The second-order valence-corrected chi connectivity index (χ2v) is 6.04. The van der Waals surface area contributed by atoms with Gasteiger partial charge < -0.3 is 19.6 Å². The number of amides is 1. The first kappa shape index (κ1) is 15.4. The molecule has 1 saturated carbocycles. The number of aliphatic carboxylic acids is 1. The molecule has 1 unspecified atom stereocenters. The molecule has 122 valence electrons. The number of nitrogens with one attached hydrogen (secondary N) is 1. The second kappa shape index (κ2) is 5.30. The summed E-state index contributed by atoms with van der Waals surface area (Å²) in [5.41, 5.74) is 0.364. The van der Waals surface area contributed by atoms with Crippen LogP contribution >= 0.6 is 0 Å². The van der Waals surface area contributed by atoms with E-state index in [1.165, 1.54) is 0 Å². The van der Waals surface area contributed by atoms with Crippen LogP contribution in [0.5, 0.6) is 5.75 Å². The predicted molar refractivity (Wildman–Crippen MR) is 83.4 cm³/mol. The molecule has 6 nitrogen and oxygen atoms in total. The van der Waals surface area contributed by atoms with Gasteiger partial charge >= 0.3 is 5.97 Å². The fraction of sp³-hybridized carbons (Fsp3) is 0.412. The quantitative estimate of drug-likeness (QED) is 0.828. The van der Waals surface area contributed by atoms with Crippen molar-refractivity contribution in [3.05, 3.63) is 29.5 Å². The maximum Gasteiger partial charge on any atom is 0.319 e. The Labute approximate surface area is 133 Å². The van der Waals surface area contributed by atoms with Crippen molar-refractivity contribution in [3.63, 3.8) is 0 Å². The Morgan fingerprint density at radius 2 is 2.09 bits per heavy atom. The van der Waals surface area contributed by atoms with E-state index in [4.69, 9.17) is 9.15 Å². The average molecular weight is 317 g/mol. The van der Waals surface area contributed by atoms with E-state index in [0.29, 0.717) is 24.2 Å². The minimum absolute atomic E-state index is 0.386. The first-order valence-electron chi connectivity index (χ1n) is 7.50. The van der Waals surface area contributed by atoms with Gasteiger partial charge in [0.15, 0.2) is 0 Å². The molecule has 0 aliphatic heterocycles. The fourth-order valence-electron chi connectivity index (χ4n) is 2.82. The summed E-state index contributed by atoms with van der Waals surface area (Å²) >= 11 is 0. The van der Waals surface area contributed by atoms with Crippen LogP contribution in [0.2, 0.25) is 0 Å². The molecule has 0 spiro atoms. The van der Waals surface area contributed by atoms with Crippen molar-refractivity contribution in [2.45, 2.75) is 32.7 Å². The number of benzene rings is 1. The van der Waals surface area contributed by atoms with Gasteiger partial charge in [-0.15, -0.1) is 0 Å². The van der Waals surface area contributed by atoms with E-state index in [9.17, 15) is 14.7 Å². The maximum atomic E-state index is 12.2. The zero-order valence-corrected chi connectivity index (χ0v) is 13.3. The lowest BCUT2D eigenvalue weighted by Crippen LogP contribution is -2.38. The van der Waals surface area contributed by atoms with Crippen molar-refractivity contribution in [1.29, 1.82) is 0 Å². The number of furan rings is 1. The standard InChI is InChI=1S/C17H19NO5/c1-9-12-8-11(22-3)4-5-13(12)23-14(9)10(2)18-15(19)17(6-7-17)16(20)21/h4-5,8,10H,6-7H2,1-3H3,(H,18,19)(H,20,21). The first-order valence-corrected chi connectivity index (χ1v) is 7.50. The minimum Gasteiger partial charge on any atom is -0.497 e. The number of carboxylic acid groups (broad SMARTS) is 1. The molecule has 2 N–H and O–H groups in total. The van der Waals surface area contributed by atoms with Gasteiger partial charge in [-0.3, -0.25) is 9.59 Å². The number of fused-ring (bicyclic) bond motifs is 1. The first-order chi connectivity index (χ1) is 10.9. The van der Waals surface area contributed by atoms with Crippen molar-refractivity contribution < 1.29 is 23.8 Å². The summed E-state index contributed by atoms with van der Waals surface area (Å²) in [6.45, 7) is 3.70. The monoisotopic (exact) mass is 317 g/mol. The Balaban J connectivity index is 1.86. The van der Waals surface area contributed by atoms with Gasteiger partial charge in [-0.25, -0.2) is 0 Å². The zero-order valence-electron chi connectivity index (χ0n) is 13.3. The Morgan fingerprint density at radius 3 is 2.65 bits per heavy atom. The molecule has 1 heterocycles. The van der Waals surface area contributed by atoms with Crippen molar-refractivity contribution in [2.24, 2.45) is 5.41 Å². The van der Waals surface area contributed by atoms with E-state index in [1.54, 1.807) is 14.0 Å². The molecule has 1 aliphatic carbocycles. The van der Waals surface area contributed by atoms with Gasteiger partial charge in [0.2, 0.25) is 5.91 Å². The number of hydrogen-bond acceptors (Lipinski definition) is 4.